The zero-order valence-corrected chi connectivity index (χ0v) is 22.3. The lowest BCUT2D eigenvalue weighted by atomic mass is 10.2. The minimum Gasteiger partial charge on any atom is -0.476 e. The van der Waals surface area contributed by atoms with Crippen molar-refractivity contribution in [1.82, 2.24) is 14.2 Å². The van der Waals surface area contributed by atoms with E-state index in [-0.39, 0.29) is 55.6 Å². The highest BCUT2D eigenvalue weighted by Gasteiger charge is 2.42. The number of methoxy groups -OCH3 is 1. The van der Waals surface area contributed by atoms with E-state index >= 15 is 0 Å². The fourth-order valence-electron chi connectivity index (χ4n) is 3.32. The first-order valence-corrected chi connectivity index (χ1v) is 12.3. The Bertz CT molecular complexity index is 1530. The van der Waals surface area contributed by atoms with Crippen LogP contribution in [0.1, 0.15) is 19.0 Å². The highest BCUT2D eigenvalue weighted by atomic mass is 35.5. The van der Waals surface area contributed by atoms with Gasteiger partial charge in [-0.2, -0.15) is 13.2 Å². The summed E-state index contributed by atoms with van der Waals surface area (Å²) in [5.74, 6) is 0.227. The van der Waals surface area contributed by atoms with Gasteiger partial charge < -0.3 is 25.2 Å². The summed E-state index contributed by atoms with van der Waals surface area (Å²) in [5, 5.41) is 9.60. The second-order valence-electron chi connectivity index (χ2n) is 7.85. The normalized spacial score (nSPS) is 13.2. The number of nitrogens with zero attached hydrogens (tertiary/aromatic N) is 3. The lowest BCUT2D eigenvalue weighted by Gasteiger charge is -2.29. The lowest BCUT2D eigenvalue weighted by Crippen LogP contribution is -2.47. The molecule has 40 heavy (non-hydrogen) atoms. The van der Waals surface area contributed by atoms with Gasteiger partial charge in [0.2, 0.25) is 5.88 Å². The second kappa shape index (κ2) is 12.3. The number of benzene rings is 1. The van der Waals surface area contributed by atoms with E-state index in [0.29, 0.717) is 0 Å². The first-order valence-electron chi connectivity index (χ1n) is 11.1. The molecular weight excluding hydrogens is 588 g/mol. The van der Waals surface area contributed by atoms with E-state index < -0.39 is 46.4 Å². The Morgan fingerprint density at radius 1 is 1.20 bits per heavy atom. The quantitative estimate of drug-likeness (QED) is 0.144. The molecule has 0 fully saturated rings. The number of nitrogen functional groups attached to an aromatic ring is 1. The number of ether oxygens (including phenoxy) is 3. The number of alkyl halides is 3. The predicted molar refractivity (Wildman–Crippen MR) is 134 cm³/mol. The van der Waals surface area contributed by atoms with Crippen LogP contribution in [-0.2, 0) is 20.4 Å². The average Bonchev–Trinajstić information content (AvgIpc) is 2.88. The van der Waals surface area contributed by atoms with Crippen molar-refractivity contribution in [2.24, 2.45) is 0 Å². The summed E-state index contributed by atoms with van der Waals surface area (Å²) in [7, 11) is 1.40. The van der Waals surface area contributed by atoms with Gasteiger partial charge in [-0.15, -0.1) is 0 Å². The van der Waals surface area contributed by atoms with Crippen molar-refractivity contribution in [2.75, 3.05) is 26.2 Å². The van der Waals surface area contributed by atoms with Crippen LogP contribution in [0, 0.1) is 5.82 Å². The Balaban J connectivity index is 2.08. The average molecular weight is 609 g/mol. The van der Waals surface area contributed by atoms with Crippen LogP contribution < -0.4 is 21.8 Å². The summed E-state index contributed by atoms with van der Waals surface area (Å²) in [4.78, 5) is 41.3. The molecule has 1 aromatic carbocycles. The van der Waals surface area contributed by atoms with E-state index in [9.17, 15) is 37.1 Å². The Labute approximate surface area is 232 Å². The van der Waals surface area contributed by atoms with Gasteiger partial charge in [-0.05, 0) is 24.3 Å². The molecule has 1 atom stereocenters. The first kappa shape index (κ1) is 30.9. The molecule has 0 aliphatic carbocycles. The molecule has 0 aliphatic heterocycles. The maximum atomic E-state index is 14.9. The Morgan fingerprint density at radius 2 is 1.90 bits per heavy atom. The minimum atomic E-state index is -5.13. The molecule has 11 nitrogen and oxygen atoms in total. The first-order chi connectivity index (χ1) is 18.8. The van der Waals surface area contributed by atoms with Gasteiger partial charge in [0.05, 0.1) is 28.8 Å². The summed E-state index contributed by atoms with van der Waals surface area (Å²) < 4.78 is 70.1. The zero-order valence-electron chi connectivity index (χ0n) is 20.7. The van der Waals surface area contributed by atoms with E-state index in [0.717, 1.165) is 23.9 Å². The van der Waals surface area contributed by atoms with Crippen LogP contribution >= 0.6 is 23.4 Å². The van der Waals surface area contributed by atoms with Gasteiger partial charge in [-0.3, -0.25) is 4.79 Å². The Morgan fingerprint density at radius 3 is 2.50 bits per heavy atom. The van der Waals surface area contributed by atoms with Gasteiger partial charge in [-0.25, -0.2) is 28.2 Å². The predicted octanol–water partition coefficient (Wildman–Crippen LogP) is 3.30. The summed E-state index contributed by atoms with van der Waals surface area (Å²) >= 11 is 6.96. The lowest BCUT2D eigenvalue weighted by molar-refractivity contribution is -0.217. The third-order valence-corrected chi connectivity index (χ3v) is 6.81. The van der Waals surface area contributed by atoms with Gasteiger partial charge in [0.15, 0.2) is 5.69 Å². The van der Waals surface area contributed by atoms with E-state index in [1.54, 1.807) is 0 Å². The molecule has 0 amide bonds. The van der Waals surface area contributed by atoms with E-state index in [2.05, 4.69) is 4.98 Å². The highest BCUT2D eigenvalue weighted by molar-refractivity contribution is 7.99. The molecule has 0 radical (unpaired) electrons. The molecule has 2 aromatic heterocycles. The molecular formula is C23H21ClF4N4O7S. The molecule has 17 heteroatoms. The number of halogens is 5. The van der Waals surface area contributed by atoms with E-state index in [1.165, 1.54) is 32.4 Å². The SMILES string of the molecule is CCC(OCCOC)(Oc1ncccc1Sc1cc(-n2c(=O)cc(C(F)(F)F)n(N)c2=O)c(F)cc1Cl)C(=O)O. The van der Waals surface area contributed by atoms with E-state index in [1.807, 2.05) is 0 Å². The second-order valence-corrected chi connectivity index (χ2v) is 9.34. The van der Waals surface area contributed by atoms with Crippen LogP contribution in [0.25, 0.3) is 5.69 Å². The topological polar surface area (TPSA) is 148 Å². The Hall–Kier alpha value is -3.60. The molecule has 3 rings (SSSR count). The number of hydrogen-bond donors (Lipinski definition) is 2. The van der Waals surface area contributed by atoms with Gasteiger partial charge in [-0.1, -0.05) is 30.3 Å². The van der Waals surface area contributed by atoms with Crippen LogP contribution in [0.2, 0.25) is 5.02 Å². The summed E-state index contributed by atoms with van der Waals surface area (Å²) in [6.07, 6.45) is -3.96. The fraction of sp³-hybridized carbons (Fsp3) is 0.304. The fourth-order valence-corrected chi connectivity index (χ4v) is 4.48. The number of hydrogen-bond acceptors (Lipinski definition) is 9. The molecule has 0 saturated carbocycles. The van der Waals surface area contributed by atoms with Crippen molar-refractivity contribution < 1.29 is 41.7 Å². The van der Waals surface area contributed by atoms with Crippen molar-refractivity contribution in [1.29, 1.82) is 0 Å². The maximum Gasteiger partial charge on any atom is 0.433 e. The van der Waals surface area contributed by atoms with Crippen LogP contribution in [0.5, 0.6) is 5.88 Å². The number of pyridine rings is 1. The van der Waals surface area contributed by atoms with Crippen LogP contribution in [0.3, 0.4) is 0 Å². The summed E-state index contributed by atoms with van der Waals surface area (Å²) in [6.45, 7) is 1.45. The third kappa shape index (κ3) is 6.41. The molecule has 216 valence electrons. The zero-order chi connectivity index (χ0) is 29.8. The number of carbonyl (C=O) groups is 1. The smallest absolute Gasteiger partial charge is 0.433 e. The third-order valence-electron chi connectivity index (χ3n) is 5.30. The monoisotopic (exact) mass is 608 g/mol. The summed E-state index contributed by atoms with van der Waals surface area (Å²) in [5.41, 5.74) is -5.63. The van der Waals surface area contributed by atoms with Crippen molar-refractivity contribution >= 4 is 29.3 Å². The number of carboxylic acid groups (broad SMARTS) is 1. The van der Waals surface area contributed by atoms with Crippen molar-refractivity contribution in [2.45, 2.75) is 35.1 Å². The molecule has 0 bridgehead atoms. The number of nitrogens with two attached hydrogens (primary N) is 1. The number of aromatic nitrogens is 3. The van der Waals surface area contributed by atoms with Gasteiger partial charge in [0.25, 0.3) is 5.56 Å². The summed E-state index contributed by atoms with van der Waals surface area (Å²) in [6, 6.07) is 4.66. The van der Waals surface area contributed by atoms with Gasteiger partial charge >= 0.3 is 23.6 Å². The molecule has 3 aromatic rings. The molecule has 1 unspecified atom stereocenters. The van der Waals surface area contributed by atoms with Crippen molar-refractivity contribution in [3.8, 4) is 11.6 Å². The number of carboxylic acids is 1. The van der Waals surface area contributed by atoms with Crippen molar-refractivity contribution in [3.05, 3.63) is 73.9 Å². The van der Waals surface area contributed by atoms with Crippen molar-refractivity contribution in [3.63, 3.8) is 0 Å². The molecule has 0 spiro atoms. The molecule has 2 heterocycles. The molecule has 0 aliphatic rings. The number of rotatable bonds is 11. The Kier molecular flexibility index (Phi) is 9.50. The minimum absolute atomic E-state index is 0.00316. The largest absolute Gasteiger partial charge is 0.476 e. The van der Waals surface area contributed by atoms with Gasteiger partial charge in [0.1, 0.15) is 5.82 Å². The number of aliphatic carboxylic acids is 1. The van der Waals surface area contributed by atoms with Crippen LogP contribution in [0.15, 0.2) is 55.9 Å². The van der Waals surface area contributed by atoms with Crippen LogP contribution in [0.4, 0.5) is 17.6 Å². The molecule has 3 N–H and O–H groups in total. The standard InChI is InChI=1S/C23H21ClF4N4O7S/c1-3-22(20(34)35,38-8-7-37-2)39-19-15(5-4-6-30-19)40-16-10-14(13(25)9-12(16)24)31-18(33)11-17(23(26,27)28)32(29)21(31)36/h4-6,9-11H,3,7-8,29H2,1-2H3,(H,34,35). The van der Waals surface area contributed by atoms with Crippen LogP contribution in [-0.4, -0.2) is 51.4 Å². The molecule has 0 saturated heterocycles. The highest BCUT2D eigenvalue weighted by Crippen LogP contribution is 2.40. The van der Waals surface area contributed by atoms with E-state index in [4.69, 9.17) is 31.7 Å². The van der Waals surface area contributed by atoms with Gasteiger partial charge in [0, 0.05) is 30.7 Å². The maximum absolute atomic E-state index is 14.9.